The molecule has 380 valence electrons. The summed E-state index contributed by atoms with van der Waals surface area (Å²) in [5.41, 5.74) is 11.1. The summed E-state index contributed by atoms with van der Waals surface area (Å²) in [4.78, 5) is 30.5. The van der Waals surface area contributed by atoms with Gasteiger partial charge in [-0.3, -0.25) is 0 Å². The van der Waals surface area contributed by atoms with Crippen LogP contribution in [0.5, 0.6) is 0 Å². The Balaban J connectivity index is 0.000000193. The molecule has 2 unspecified atom stereocenters. The van der Waals surface area contributed by atoms with Crippen LogP contribution in [-0.2, 0) is 9.47 Å². The number of halogens is 3. The standard InChI is InChI=1S/C32H28FNO3.C31H26FNO3.CH3I/c1-4-36-32(35)30-27-19-26(23-13-9-6-10-14-23)28(34(3)21(2)22-11-7-5-8-12-22)20-29(27)37-31(30)24-15-17-25(33)18-16-24;1-3-35-31(34)29-26-18-25(22-12-8-5-9-13-22)27(33-20(2)21-10-6-4-7-11-21)19-28(26)36-30(29)23-14-16-24(32)17-15-23;1-2/h5-21H,4H2,1-3H3;4-20,33H,3H2,1-2H3;1H3. The normalized spacial score (nSPS) is 11.6. The minimum Gasteiger partial charge on any atom is -0.462 e. The molecular weight excluding hydrogens is 1060 g/mol. The maximum absolute atomic E-state index is 13.7. The zero-order valence-corrected chi connectivity index (χ0v) is 44.7. The fraction of sp³-hybridized carbons (Fsp3) is 0.156. The van der Waals surface area contributed by atoms with Crippen LogP contribution in [0.2, 0.25) is 0 Å². The number of ether oxygens (including phenoxy) is 2. The summed E-state index contributed by atoms with van der Waals surface area (Å²) in [5.74, 6) is -0.951. The minimum atomic E-state index is -0.479. The summed E-state index contributed by atoms with van der Waals surface area (Å²) in [7, 11) is 2.06. The molecule has 0 aliphatic carbocycles. The zero-order valence-electron chi connectivity index (χ0n) is 42.6. The van der Waals surface area contributed by atoms with E-state index < -0.39 is 11.9 Å². The minimum absolute atomic E-state index is 0.0298. The summed E-state index contributed by atoms with van der Waals surface area (Å²) in [6.07, 6.45) is 0. The molecule has 8 nitrogen and oxygen atoms in total. The summed E-state index contributed by atoms with van der Waals surface area (Å²) in [6.45, 7) is 8.25. The third-order valence-corrected chi connectivity index (χ3v) is 12.9. The van der Waals surface area contributed by atoms with Gasteiger partial charge in [-0.2, -0.15) is 0 Å². The molecule has 0 radical (unpaired) electrons. The number of nitrogens with one attached hydrogen (secondary N) is 1. The summed E-state index contributed by atoms with van der Waals surface area (Å²) in [5, 5.41) is 4.92. The molecule has 75 heavy (non-hydrogen) atoms. The van der Waals surface area contributed by atoms with Crippen molar-refractivity contribution in [2.24, 2.45) is 0 Å². The van der Waals surface area contributed by atoms with Crippen LogP contribution in [0, 0.1) is 11.6 Å². The van der Waals surface area contributed by atoms with Gasteiger partial charge in [-0.25, -0.2) is 18.4 Å². The number of nitrogens with zero attached hydrogens (tertiary/aromatic N) is 1. The topological polar surface area (TPSA) is 94.1 Å². The van der Waals surface area contributed by atoms with Crippen LogP contribution >= 0.6 is 22.6 Å². The lowest BCUT2D eigenvalue weighted by Crippen LogP contribution is -2.22. The highest BCUT2D eigenvalue weighted by molar-refractivity contribution is 14.1. The van der Waals surface area contributed by atoms with E-state index in [0.717, 1.165) is 39.2 Å². The van der Waals surface area contributed by atoms with Gasteiger partial charge in [0.1, 0.15) is 45.4 Å². The Hall–Kier alpha value is -8.03. The van der Waals surface area contributed by atoms with Crippen molar-refractivity contribution in [3.63, 3.8) is 0 Å². The third kappa shape index (κ3) is 12.0. The molecule has 11 heteroatoms. The third-order valence-electron chi connectivity index (χ3n) is 12.9. The van der Waals surface area contributed by atoms with Crippen molar-refractivity contribution in [2.45, 2.75) is 39.8 Å². The monoisotopic (exact) mass is 1110 g/mol. The number of rotatable bonds is 14. The van der Waals surface area contributed by atoms with Crippen molar-refractivity contribution in [3.8, 4) is 44.9 Å². The zero-order chi connectivity index (χ0) is 53.0. The van der Waals surface area contributed by atoms with Gasteiger partial charge in [-0.05, 0) is 116 Å². The molecule has 0 spiro atoms. The van der Waals surface area contributed by atoms with Crippen molar-refractivity contribution >= 4 is 67.8 Å². The summed E-state index contributed by atoms with van der Waals surface area (Å²) in [6, 6.07) is 60.4. The number of benzene rings is 8. The number of fused-ring (bicyclic) bond motifs is 2. The van der Waals surface area contributed by atoms with E-state index >= 15 is 0 Å². The lowest BCUT2D eigenvalue weighted by Gasteiger charge is -2.29. The number of hydrogen-bond acceptors (Lipinski definition) is 8. The molecule has 0 aliphatic rings. The van der Waals surface area contributed by atoms with E-state index in [9.17, 15) is 18.4 Å². The number of esters is 2. The van der Waals surface area contributed by atoms with Crippen molar-refractivity contribution < 1.29 is 36.7 Å². The first-order valence-corrected chi connectivity index (χ1v) is 26.8. The van der Waals surface area contributed by atoms with Crippen LogP contribution < -0.4 is 10.2 Å². The molecule has 0 saturated carbocycles. The van der Waals surface area contributed by atoms with E-state index in [1.165, 1.54) is 29.8 Å². The molecule has 8 aromatic carbocycles. The average Bonchev–Trinajstić information content (AvgIpc) is 4.03. The van der Waals surface area contributed by atoms with Gasteiger partial charge in [0.05, 0.1) is 19.3 Å². The van der Waals surface area contributed by atoms with E-state index in [0.29, 0.717) is 55.7 Å². The molecule has 1 N–H and O–H groups in total. The summed E-state index contributed by atoms with van der Waals surface area (Å²) < 4.78 is 50.6. The van der Waals surface area contributed by atoms with Crippen molar-refractivity contribution in [3.05, 3.63) is 228 Å². The quantitative estimate of drug-likeness (QED) is 0.0654. The van der Waals surface area contributed by atoms with Gasteiger partial charge < -0.3 is 28.5 Å². The van der Waals surface area contributed by atoms with Gasteiger partial charge in [0.25, 0.3) is 0 Å². The van der Waals surface area contributed by atoms with E-state index in [1.807, 2.05) is 114 Å². The predicted octanol–water partition coefficient (Wildman–Crippen LogP) is 17.6. The smallest absolute Gasteiger partial charge is 0.342 e. The first kappa shape index (κ1) is 53.3. The lowest BCUT2D eigenvalue weighted by molar-refractivity contribution is 0.0519. The predicted molar refractivity (Wildman–Crippen MR) is 308 cm³/mol. The molecule has 2 aromatic heterocycles. The average molecular weight is 1120 g/mol. The number of anilines is 2. The number of carbonyl (C=O) groups excluding carboxylic acids is 2. The molecule has 10 rings (SSSR count). The van der Waals surface area contributed by atoms with Gasteiger partial charge in [0, 0.05) is 69.6 Å². The van der Waals surface area contributed by atoms with Crippen molar-refractivity contribution in [1.82, 2.24) is 0 Å². The van der Waals surface area contributed by atoms with Gasteiger partial charge in [-0.15, -0.1) is 0 Å². The van der Waals surface area contributed by atoms with Crippen LogP contribution in [-0.4, -0.2) is 37.1 Å². The van der Waals surface area contributed by atoms with Crippen LogP contribution in [0.4, 0.5) is 20.2 Å². The maximum atomic E-state index is 13.7. The van der Waals surface area contributed by atoms with Crippen molar-refractivity contribution in [1.29, 1.82) is 0 Å². The van der Waals surface area contributed by atoms with Crippen LogP contribution in [0.1, 0.15) is 71.6 Å². The second kappa shape index (κ2) is 24.8. The molecule has 10 aromatic rings. The molecule has 2 heterocycles. The van der Waals surface area contributed by atoms with E-state index in [-0.39, 0.29) is 36.9 Å². The van der Waals surface area contributed by atoms with E-state index in [2.05, 4.69) is 90.1 Å². The summed E-state index contributed by atoms with van der Waals surface area (Å²) >= 11 is 2.15. The molecular formula is C64H57F2IN2O6. The molecule has 2 atom stereocenters. The fourth-order valence-electron chi connectivity index (χ4n) is 9.03. The Morgan fingerprint density at radius 2 is 0.933 bits per heavy atom. The fourth-order valence-corrected chi connectivity index (χ4v) is 9.03. The molecule has 0 saturated heterocycles. The Morgan fingerprint density at radius 1 is 0.533 bits per heavy atom. The SMILES string of the molecule is CCOC(=O)c1c(-c2ccc(F)cc2)oc2cc(N(C)C(C)c3ccccc3)c(-c3ccccc3)cc12.CCOC(=O)c1c(-c2ccc(F)cc2)oc2cc(NC(C)c3ccccc3)c(-c3ccccc3)cc12.CI. The first-order chi connectivity index (χ1) is 36.5. The second-order valence-electron chi connectivity index (χ2n) is 17.5. The largest absolute Gasteiger partial charge is 0.462 e. The highest BCUT2D eigenvalue weighted by Crippen LogP contribution is 2.44. The van der Waals surface area contributed by atoms with Crippen LogP contribution in [0.25, 0.3) is 66.8 Å². The van der Waals surface area contributed by atoms with Gasteiger partial charge >= 0.3 is 11.9 Å². The van der Waals surface area contributed by atoms with Gasteiger partial charge in [0.2, 0.25) is 0 Å². The van der Waals surface area contributed by atoms with Crippen molar-refractivity contribution in [2.75, 3.05) is 35.4 Å². The van der Waals surface area contributed by atoms with Gasteiger partial charge in [0.15, 0.2) is 0 Å². The molecule has 0 amide bonds. The Bertz CT molecular complexity index is 3500. The van der Waals surface area contributed by atoms with Crippen LogP contribution in [0.3, 0.4) is 0 Å². The van der Waals surface area contributed by atoms with E-state index in [1.54, 1.807) is 38.1 Å². The number of furan rings is 2. The number of carbonyl (C=O) groups is 2. The Morgan fingerprint density at radius 3 is 1.39 bits per heavy atom. The number of alkyl halides is 1. The maximum Gasteiger partial charge on any atom is 0.342 e. The first-order valence-electron chi connectivity index (χ1n) is 24.7. The molecule has 0 aliphatic heterocycles. The lowest BCUT2D eigenvalue weighted by atomic mass is 9.97. The molecule has 0 bridgehead atoms. The van der Waals surface area contributed by atoms with Gasteiger partial charge in [-0.1, -0.05) is 144 Å². The van der Waals surface area contributed by atoms with Crippen LogP contribution in [0.15, 0.2) is 203 Å². The molecule has 0 fully saturated rings. The highest BCUT2D eigenvalue weighted by Gasteiger charge is 2.28. The number of hydrogen-bond donors (Lipinski definition) is 1. The second-order valence-corrected chi connectivity index (χ2v) is 17.5. The highest BCUT2D eigenvalue weighted by atomic mass is 127. The Kier molecular flexibility index (Phi) is 17.6. The van der Waals surface area contributed by atoms with E-state index in [4.69, 9.17) is 18.3 Å². The Labute approximate surface area is 450 Å².